The van der Waals surface area contributed by atoms with Gasteiger partial charge in [-0.1, -0.05) is 18.2 Å². The molecular weight excluding hydrogens is 408 g/mol. The van der Waals surface area contributed by atoms with E-state index in [1.54, 1.807) is 31.2 Å². The van der Waals surface area contributed by atoms with Gasteiger partial charge in [-0.15, -0.1) is 0 Å². The van der Waals surface area contributed by atoms with Crippen molar-refractivity contribution < 1.29 is 27.9 Å². The summed E-state index contributed by atoms with van der Waals surface area (Å²) in [6.45, 7) is 3.17. The molecule has 2 aromatic rings. The molecule has 3 rings (SSSR count). The highest BCUT2D eigenvalue weighted by atomic mass is 32.2. The second kappa shape index (κ2) is 9.17. The Kier molecular flexibility index (Phi) is 6.61. The molecule has 1 fully saturated rings. The number of nitrogens with one attached hydrogen (secondary N) is 1. The molecule has 0 radical (unpaired) electrons. The number of carbonyl (C=O) groups excluding carboxylic acids is 1. The standard InChI is InChI=1S/C21H24N2O6S/c1-2-29-21(26)15-7-6-12-23(14-15)16-10-11-19(18(13-16)20(24)25)22-30(27,28)17-8-4-3-5-9-17/h3-5,8-11,13,15,22H,2,6-7,12,14H2,1H3,(H,24,25). The minimum Gasteiger partial charge on any atom is -0.478 e. The Morgan fingerprint density at radius 1 is 1.20 bits per heavy atom. The van der Waals surface area contributed by atoms with Gasteiger partial charge in [-0.05, 0) is 50.1 Å². The van der Waals surface area contributed by atoms with E-state index >= 15 is 0 Å². The fraction of sp³-hybridized carbons (Fsp3) is 0.333. The van der Waals surface area contributed by atoms with Crippen molar-refractivity contribution >= 4 is 33.3 Å². The zero-order valence-corrected chi connectivity index (χ0v) is 17.4. The fourth-order valence-corrected chi connectivity index (χ4v) is 4.56. The van der Waals surface area contributed by atoms with Crippen molar-refractivity contribution in [2.45, 2.75) is 24.7 Å². The predicted molar refractivity (Wildman–Crippen MR) is 112 cm³/mol. The van der Waals surface area contributed by atoms with Gasteiger partial charge in [0.05, 0.1) is 28.7 Å². The van der Waals surface area contributed by atoms with Gasteiger partial charge < -0.3 is 14.7 Å². The minimum absolute atomic E-state index is 0.0194. The maximum atomic E-state index is 12.6. The molecule has 0 aliphatic carbocycles. The molecule has 1 aliphatic rings. The number of hydrogen-bond donors (Lipinski definition) is 2. The van der Waals surface area contributed by atoms with Gasteiger partial charge in [0.1, 0.15) is 0 Å². The van der Waals surface area contributed by atoms with Gasteiger partial charge in [0.25, 0.3) is 10.0 Å². The lowest BCUT2D eigenvalue weighted by molar-refractivity contribution is -0.148. The lowest BCUT2D eigenvalue weighted by Gasteiger charge is -2.33. The van der Waals surface area contributed by atoms with Crippen LogP contribution in [0.5, 0.6) is 0 Å². The molecule has 0 amide bonds. The Labute approximate surface area is 175 Å². The van der Waals surface area contributed by atoms with E-state index in [9.17, 15) is 23.1 Å². The lowest BCUT2D eigenvalue weighted by atomic mass is 9.97. The molecule has 30 heavy (non-hydrogen) atoms. The van der Waals surface area contributed by atoms with Gasteiger partial charge >= 0.3 is 11.9 Å². The summed E-state index contributed by atoms with van der Waals surface area (Å²) in [6, 6.07) is 12.3. The van der Waals surface area contributed by atoms with Crippen molar-refractivity contribution in [3.8, 4) is 0 Å². The van der Waals surface area contributed by atoms with Gasteiger partial charge in [-0.3, -0.25) is 9.52 Å². The van der Waals surface area contributed by atoms with Crippen LogP contribution in [0.2, 0.25) is 0 Å². The summed E-state index contributed by atoms with van der Waals surface area (Å²) in [4.78, 5) is 25.8. The molecule has 2 N–H and O–H groups in total. The van der Waals surface area contributed by atoms with E-state index in [-0.39, 0.29) is 28.0 Å². The first-order chi connectivity index (χ1) is 14.3. The van der Waals surface area contributed by atoms with Crippen LogP contribution in [0.1, 0.15) is 30.1 Å². The third-order valence-corrected chi connectivity index (χ3v) is 6.32. The number of benzene rings is 2. The highest BCUT2D eigenvalue weighted by molar-refractivity contribution is 7.92. The number of carbonyl (C=O) groups is 2. The molecule has 1 atom stereocenters. The Balaban J connectivity index is 1.85. The smallest absolute Gasteiger partial charge is 0.337 e. The van der Waals surface area contributed by atoms with Crippen LogP contribution in [0.3, 0.4) is 0 Å². The molecule has 0 spiro atoms. The average molecular weight is 432 g/mol. The molecule has 8 nitrogen and oxygen atoms in total. The topological polar surface area (TPSA) is 113 Å². The number of nitrogens with zero attached hydrogens (tertiary/aromatic N) is 1. The van der Waals surface area contributed by atoms with E-state index in [1.807, 2.05) is 4.90 Å². The number of esters is 1. The normalized spacial score (nSPS) is 16.7. The van der Waals surface area contributed by atoms with E-state index in [2.05, 4.69) is 4.72 Å². The van der Waals surface area contributed by atoms with Crippen molar-refractivity contribution in [1.29, 1.82) is 0 Å². The minimum atomic E-state index is -3.92. The average Bonchev–Trinajstić information content (AvgIpc) is 2.74. The van der Waals surface area contributed by atoms with Gasteiger partial charge in [-0.2, -0.15) is 0 Å². The number of sulfonamides is 1. The molecular formula is C21H24N2O6S. The SMILES string of the molecule is CCOC(=O)C1CCCN(c2ccc(NS(=O)(=O)c3ccccc3)c(C(=O)O)c2)C1. The summed E-state index contributed by atoms with van der Waals surface area (Å²) in [5, 5.41) is 9.64. The fourth-order valence-electron chi connectivity index (χ4n) is 3.46. The third-order valence-electron chi connectivity index (χ3n) is 4.94. The van der Waals surface area contributed by atoms with Crippen LogP contribution in [0, 0.1) is 5.92 Å². The largest absolute Gasteiger partial charge is 0.478 e. The second-order valence-corrected chi connectivity index (χ2v) is 8.67. The molecule has 9 heteroatoms. The van der Waals surface area contributed by atoms with Crippen molar-refractivity contribution in [2.75, 3.05) is 29.3 Å². The molecule has 1 heterocycles. The summed E-state index contributed by atoms with van der Waals surface area (Å²) < 4.78 is 32.6. The Bertz CT molecular complexity index is 1020. The number of hydrogen-bond acceptors (Lipinski definition) is 6. The van der Waals surface area contributed by atoms with Crippen LogP contribution in [0.15, 0.2) is 53.4 Å². The number of rotatable bonds is 7. The van der Waals surface area contributed by atoms with Crippen LogP contribution in [0.4, 0.5) is 11.4 Å². The number of anilines is 2. The van der Waals surface area contributed by atoms with Crippen LogP contribution in [-0.4, -0.2) is 45.2 Å². The Morgan fingerprint density at radius 2 is 1.93 bits per heavy atom. The highest BCUT2D eigenvalue weighted by Crippen LogP contribution is 2.29. The van der Waals surface area contributed by atoms with Gasteiger partial charge in [0.2, 0.25) is 0 Å². The van der Waals surface area contributed by atoms with Crippen LogP contribution >= 0.6 is 0 Å². The molecule has 1 aliphatic heterocycles. The number of carboxylic acids is 1. The van der Waals surface area contributed by atoms with Gasteiger partial charge in [-0.25, -0.2) is 13.2 Å². The zero-order valence-electron chi connectivity index (χ0n) is 16.6. The quantitative estimate of drug-likeness (QED) is 0.647. The summed E-state index contributed by atoms with van der Waals surface area (Å²) in [7, 11) is -3.92. The van der Waals surface area contributed by atoms with Crippen molar-refractivity contribution in [1.82, 2.24) is 0 Å². The predicted octanol–water partition coefficient (Wildman–Crippen LogP) is 2.97. The van der Waals surface area contributed by atoms with E-state index < -0.39 is 16.0 Å². The van der Waals surface area contributed by atoms with Crippen LogP contribution < -0.4 is 9.62 Å². The van der Waals surface area contributed by atoms with E-state index in [0.29, 0.717) is 25.4 Å². The Morgan fingerprint density at radius 3 is 2.60 bits per heavy atom. The van der Waals surface area contributed by atoms with Gasteiger partial charge in [0.15, 0.2) is 0 Å². The summed E-state index contributed by atoms with van der Waals surface area (Å²) in [5.41, 5.74) is 0.434. The number of carboxylic acid groups (broad SMARTS) is 1. The molecule has 1 saturated heterocycles. The lowest BCUT2D eigenvalue weighted by Crippen LogP contribution is -2.39. The summed E-state index contributed by atoms with van der Waals surface area (Å²) in [6.07, 6.45) is 1.49. The maximum absolute atomic E-state index is 12.6. The monoisotopic (exact) mass is 432 g/mol. The zero-order chi connectivity index (χ0) is 21.7. The molecule has 160 valence electrons. The maximum Gasteiger partial charge on any atom is 0.337 e. The number of ether oxygens (including phenoxy) is 1. The first-order valence-electron chi connectivity index (χ1n) is 9.68. The second-order valence-electron chi connectivity index (χ2n) is 6.99. The van der Waals surface area contributed by atoms with Crippen LogP contribution in [0.25, 0.3) is 0 Å². The van der Waals surface area contributed by atoms with Crippen molar-refractivity contribution in [2.24, 2.45) is 5.92 Å². The van der Waals surface area contributed by atoms with Crippen molar-refractivity contribution in [3.05, 3.63) is 54.1 Å². The highest BCUT2D eigenvalue weighted by Gasteiger charge is 2.28. The van der Waals surface area contributed by atoms with E-state index in [1.165, 1.54) is 24.3 Å². The molecule has 0 aromatic heterocycles. The number of piperidine rings is 1. The summed E-state index contributed by atoms with van der Waals surface area (Å²) >= 11 is 0. The van der Waals surface area contributed by atoms with E-state index in [4.69, 9.17) is 4.74 Å². The number of aromatic carboxylic acids is 1. The molecule has 0 saturated carbocycles. The Hall–Kier alpha value is -3.07. The first-order valence-corrected chi connectivity index (χ1v) is 11.2. The molecule has 2 aromatic carbocycles. The molecule has 1 unspecified atom stereocenters. The first kappa shape index (κ1) is 21.6. The van der Waals surface area contributed by atoms with Crippen LogP contribution in [-0.2, 0) is 19.6 Å². The molecule has 0 bridgehead atoms. The van der Waals surface area contributed by atoms with E-state index in [0.717, 1.165) is 12.8 Å². The van der Waals surface area contributed by atoms with Crippen molar-refractivity contribution in [3.63, 3.8) is 0 Å². The van der Waals surface area contributed by atoms with Gasteiger partial charge in [0, 0.05) is 18.8 Å². The third kappa shape index (κ3) is 4.91. The summed E-state index contributed by atoms with van der Waals surface area (Å²) in [5.74, 6) is -1.78.